The second-order valence-corrected chi connectivity index (χ2v) is 8.60. The number of para-hydroxylation sites is 1. The van der Waals surface area contributed by atoms with E-state index in [0.717, 1.165) is 37.0 Å². The number of methoxy groups -OCH3 is 1. The number of benzene rings is 1. The number of carbonyl (C=O) groups is 1. The van der Waals surface area contributed by atoms with Gasteiger partial charge in [0.05, 0.1) is 19.3 Å². The Morgan fingerprint density at radius 3 is 2.48 bits per heavy atom. The first-order valence-corrected chi connectivity index (χ1v) is 10.5. The highest BCUT2D eigenvalue weighted by molar-refractivity contribution is 5.78. The van der Waals surface area contributed by atoms with E-state index in [4.69, 9.17) is 4.74 Å². The summed E-state index contributed by atoms with van der Waals surface area (Å²) < 4.78 is 5.49. The van der Waals surface area contributed by atoms with Crippen molar-refractivity contribution in [1.29, 1.82) is 0 Å². The molecule has 2 unspecified atom stereocenters. The maximum Gasteiger partial charge on any atom is 0.234 e. The maximum atomic E-state index is 12.6. The number of nitrogens with zero attached hydrogens (tertiary/aromatic N) is 1. The van der Waals surface area contributed by atoms with Crippen molar-refractivity contribution in [2.75, 3.05) is 13.7 Å². The summed E-state index contributed by atoms with van der Waals surface area (Å²) in [5.41, 5.74) is 0.0186. The fraction of sp³-hybridized carbons (Fsp3) is 0.682. The van der Waals surface area contributed by atoms with Gasteiger partial charge in [-0.2, -0.15) is 0 Å². The molecule has 2 saturated heterocycles. The number of hydrogen-bond donors (Lipinski definition) is 2. The summed E-state index contributed by atoms with van der Waals surface area (Å²) in [6.45, 7) is 0.466. The second kappa shape index (κ2) is 7.80. The number of carbonyl (C=O) groups excluding carboxylic acids is 1. The Balaban J connectivity index is 1.42. The fourth-order valence-corrected chi connectivity index (χ4v) is 5.51. The fourth-order valence-electron chi connectivity index (χ4n) is 5.51. The van der Waals surface area contributed by atoms with Crippen LogP contribution < -0.4 is 10.1 Å². The van der Waals surface area contributed by atoms with Gasteiger partial charge in [-0.15, -0.1) is 0 Å². The summed E-state index contributed by atoms with van der Waals surface area (Å²) in [6.07, 6.45) is 9.43. The summed E-state index contributed by atoms with van der Waals surface area (Å²) in [6, 6.07) is 8.67. The van der Waals surface area contributed by atoms with Crippen LogP contribution >= 0.6 is 0 Å². The standard InChI is InChI=1S/C22H32N2O3/c1-27-20-10-6-5-9-19(20)22(26)13-17-11-12-18(14-22)24(17)15-21(25)23-16-7-3-2-4-8-16/h5-6,9-10,16-18,26H,2-4,7-8,11-15H2,1H3,(H,23,25). The highest BCUT2D eigenvalue weighted by Crippen LogP contribution is 2.47. The highest BCUT2D eigenvalue weighted by Gasteiger charge is 2.49. The predicted octanol–water partition coefficient (Wildman–Crippen LogP) is 2.96. The SMILES string of the molecule is COc1ccccc1C1(O)CC2CCC(C1)N2CC(=O)NC1CCCCC1. The van der Waals surface area contributed by atoms with Gasteiger partial charge in [0.15, 0.2) is 0 Å². The van der Waals surface area contributed by atoms with Crippen LogP contribution in [0, 0.1) is 0 Å². The normalized spacial score (nSPS) is 31.6. The molecule has 2 bridgehead atoms. The Kier molecular flexibility index (Phi) is 5.42. The van der Waals surface area contributed by atoms with E-state index in [0.29, 0.717) is 25.4 Å². The molecular weight excluding hydrogens is 340 g/mol. The molecule has 3 aliphatic rings. The summed E-state index contributed by atoms with van der Waals surface area (Å²) in [5, 5.41) is 14.7. The molecule has 5 heteroatoms. The topological polar surface area (TPSA) is 61.8 Å². The van der Waals surface area contributed by atoms with Gasteiger partial charge in [0.25, 0.3) is 0 Å². The molecule has 2 atom stereocenters. The summed E-state index contributed by atoms with van der Waals surface area (Å²) in [5.74, 6) is 0.907. The van der Waals surface area contributed by atoms with Gasteiger partial charge in [0, 0.05) is 23.7 Å². The first-order chi connectivity index (χ1) is 13.1. The van der Waals surface area contributed by atoms with Crippen LogP contribution in [0.5, 0.6) is 5.75 Å². The van der Waals surface area contributed by atoms with Gasteiger partial charge >= 0.3 is 0 Å². The number of ether oxygens (including phenoxy) is 1. The third-order valence-corrected chi connectivity index (χ3v) is 6.82. The lowest BCUT2D eigenvalue weighted by atomic mass is 9.80. The number of amides is 1. The van der Waals surface area contributed by atoms with E-state index < -0.39 is 5.60 Å². The van der Waals surface area contributed by atoms with Gasteiger partial charge in [-0.25, -0.2) is 0 Å². The van der Waals surface area contributed by atoms with E-state index >= 15 is 0 Å². The molecule has 1 aromatic rings. The molecule has 0 radical (unpaired) electrons. The molecule has 2 heterocycles. The lowest BCUT2D eigenvalue weighted by molar-refractivity contribution is -0.126. The maximum absolute atomic E-state index is 12.6. The average Bonchev–Trinajstić information content (AvgIpc) is 2.92. The molecule has 1 amide bonds. The molecule has 5 nitrogen and oxygen atoms in total. The monoisotopic (exact) mass is 372 g/mol. The van der Waals surface area contributed by atoms with Gasteiger partial charge in [-0.1, -0.05) is 37.5 Å². The van der Waals surface area contributed by atoms with Crippen LogP contribution in [0.1, 0.15) is 63.4 Å². The Hall–Kier alpha value is -1.59. The Morgan fingerprint density at radius 1 is 1.15 bits per heavy atom. The zero-order valence-electron chi connectivity index (χ0n) is 16.3. The van der Waals surface area contributed by atoms with Crippen LogP contribution in [0.15, 0.2) is 24.3 Å². The van der Waals surface area contributed by atoms with E-state index in [1.54, 1.807) is 7.11 Å². The van der Waals surface area contributed by atoms with E-state index in [1.807, 2.05) is 24.3 Å². The van der Waals surface area contributed by atoms with Crippen molar-refractivity contribution in [3.8, 4) is 5.75 Å². The van der Waals surface area contributed by atoms with Crippen LogP contribution in [0.3, 0.4) is 0 Å². The summed E-state index contributed by atoms with van der Waals surface area (Å²) in [7, 11) is 1.65. The molecule has 1 aromatic carbocycles. The summed E-state index contributed by atoms with van der Waals surface area (Å²) in [4.78, 5) is 14.9. The van der Waals surface area contributed by atoms with Gasteiger partial charge in [-0.05, 0) is 44.6 Å². The van der Waals surface area contributed by atoms with E-state index in [1.165, 1.54) is 19.3 Å². The number of hydrogen-bond acceptors (Lipinski definition) is 4. The first kappa shape index (κ1) is 18.8. The molecule has 2 N–H and O–H groups in total. The zero-order valence-corrected chi connectivity index (χ0v) is 16.3. The van der Waals surface area contributed by atoms with Crippen LogP contribution in [-0.4, -0.2) is 47.7 Å². The minimum Gasteiger partial charge on any atom is -0.496 e. The third-order valence-electron chi connectivity index (χ3n) is 6.82. The molecule has 0 spiro atoms. The molecule has 27 heavy (non-hydrogen) atoms. The first-order valence-electron chi connectivity index (χ1n) is 10.5. The summed E-state index contributed by atoms with van der Waals surface area (Å²) >= 11 is 0. The largest absolute Gasteiger partial charge is 0.496 e. The van der Waals surface area contributed by atoms with Gasteiger partial charge in [0.1, 0.15) is 5.75 Å². The molecule has 1 aliphatic carbocycles. The lowest BCUT2D eigenvalue weighted by Crippen LogP contribution is -2.53. The minimum atomic E-state index is -0.866. The Bertz CT molecular complexity index is 657. The molecule has 1 saturated carbocycles. The van der Waals surface area contributed by atoms with Crippen LogP contribution in [0.4, 0.5) is 0 Å². The number of fused-ring (bicyclic) bond motifs is 2. The van der Waals surface area contributed by atoms with Crippen molar-refractivity contribution in [3.63, 3.8) is 0 Å². The highest BCUT2D eigenvalue weighted by atomic mass is 16.5. The van der Waals surface area contributed by atoms with E-state index in [2.05, 4.69) is 10.2 Å². The molecule has 4 rings (SSSR count). The molecule has 148 valence electrons. The van der Waals surface area contributed by atoms with Gasteiger partial charge in [0.2, 0.25) is 5.91 Å². The van der Waals surface area contributed by atoms with Gasteiger partial charge in [-0.3, -0.25) is 9.69 Å². The van der Waals surface area contributed by atoms with Crippen LogP contribution in [-0.2, 0) is 10.4 Å². The smallest absolute Gasteiger partial charge is 0.234 e. The van der Waals surface area contributed by atoms with Crippen molar-refractivity contribution in [1.82, 2.24) is 10.2 Å². The number of rotatable bonds is 5. The van der Waals surface area contributed by atoms with Gasteiger partial charge < -0.3 is 15.2 Å². The second-order valence-electron chi connectivity index (χ2n) is 8.60. The third kappa shape index (κ3) is 3.85. The van der Waals surface area contributed by atoms with Crippen molar-refractivity contribution in [3.05, 3.63) is 29.8 Å². The Labute approximate surface area is 162 Å². The molecule has 3 fully saturated rings. The van der Waals surface area contributed by atoms with Crippen molar-refractivity contribution >= 4 is 5.91 Å². The number of aliphatic hydroxyl groups is 1. The quantitative estimate of drug-likeness (QED) is 0.834. The van der Waals surface area contributed by atoms with Crippen LogP contribution in [0.2, 0.25) is 0 Å². The van der Waals surface area contributed by atoms with Crippen LogP contribution in [0.25, 0.3) is 0 Å². The van der Waals surface area contributed by atoms with Crippen molar-refractivity contribution in [2.45, 2.75) is 81.5 Å². The Morgan fingerprint density at radius 2 is 1.81 bits per heavy atom. The lowest BCUT2D eigenvalue weighted by Gasteiger charge is -2.44. The number of nitrogens with one attached hydrogen (secondary N) is 1. The molecule has 0 aromatic heterocycles. The minimum absolute atomic E-state index is 0.154. The zero-order chi connectivity index (χ0) is 18.9. The van der Waals surface area contributed by atoms with E-state index in [-0.39, 0.29) is 18.0 Å². The molecule has 2 aliphatic heterocycles. The average molecular weight is 373 g/mol. The number of piperidine rings is 1. The predicted molar refractivity (Wildman–Crippen MR) is 105 cm³/mol. The van der Waals surface area contributed by atoms with E-state index in [9.17, 15) is 9.90 Å². The molecular formula is C22H32N2O3. The van der Waals surface area contributed by atoms with Crippen molar-refractivity contribution in [2.24, 2.45) is 0 Å². The van der Waals surface area contributed by atoms with Crippen molar-refractivity contribution < 1.29 is 14.6 Å².